The van der Waals surface area contributed by atoms with Crippen molar-refractivity contribution in [1.82, 2.24) is 0 Å². The molecule has 2 aromatic rings. The standard InChI is InChI=1S/C32H45NO2/c1-4-6-7-8-9-10-13-16-31(34)28-19-17-27(18-20-28)29-21-22-32(30(24-29)25-33)35-23-14-11-12-15-26(3)5-2/h17-22,24,26H,4-16,23H2,1-3H3. The SMILES string of the molecule is CCCCCCCCCC(=O)c1ccc(-c2ccc(OCCCCCC(C)CC)c(C#N)c2)cc1. The number of carbonyl (C=O) groups excluding carboxylic acids is 1. The summed E-state index contributed by atoms with van der Waals surface area (Å²) in [5.41, 5.74) is 3.30. The molecule has 0 saturated heterocycles. The lowest BCUT2D eigenvalue weighted by molar-refractivity contribution is 0.0979. The van der Waals surface area contributed by atoms with Crippen molar-refractivity contribution in [2.45, 2.75) is 104 Å². The molecule has 3 nitrogen and oxygen atoms in total. The fourth-order valence-corrected chi connectivity index (χ4v) is 4.32. The van der Waals surface area contributed by atoms with Gasteiger partial charge in [0.05, 0.1) is 12.2 Å². The quantitative estimate of drug-likeness (QED) is 0.159. The Labute approximate surface area is 213 Å². The van der Waals surface area contributed by atoms with E-state index in [4.69, 9.17) is 4.74 Å². The molecule has 0 radical (unpaired) electrons. The van der Waals surface area contributed by atoms with Crippen molar-refractivity contribution < 1.29 is 9.53 Å². The number of carbonyl (C=O) groups is 1. The fourth-order valence-electron chi connectivity index (χ4n) is 4.32. The van der Waals surface area contributed by atoms with Crippen molar-refractivity contribution >= 4 is 5.78 Å². The van der Waals surface area contributed by atoms with Crippen LogP contribution in [0.3, 0.4) is 0 Å². The molecule has 3 heteroatoms. The maximum absolute atomic E-state index is 12.5. The number of benzene rings is 2. The molecule has 0 aliphatic heterocycles. The predicted molar refractivity (Wildman–Crippen MR) is 147 cm³/mol. The highest BCUT2D eigenvalue weighted by Gasteiger charge is 2.09. The first kappa shape index (κ1) is 28.6. The van der Waals surface area contributed by atoms with E-state index >= 15 is 0 Å². The van der Waals surface area contributed by atoms with Crippen molar-refractivity contribution in [3.63, 3.8) is 0 Å². The van der Waals surface area contributed by atoms with Crippen molar-refractivity contribution in [3.05, 3.63) is 53.6 Å². The van der Waals surface area contributed by atoms with Crippen LogP contribution >= 0.6 is 0 Å². The van der Waals surface area contributed by atoms with E-state index in [0.29, 0.717) is 24.3 Å². The van der Waals surface area contributed by atoms with Gasteiger partial charge in [0.25, 0.3) is 0 Å². The van der Waals surface area contributed by atoms with Crippen LogP contribution in [0.4, 0.5) is 0 Å². The van der Waals surface area contributed by atoms with E-state index < -0.39 is 0 Å². The lowest BCUT2D eigenvalue weighted by Gasteiger charge is -2.11. The molecule has 0 amide bonds. The molecule has 2 rings (SSSR count). The summed E-state index contributed by atoms with van der Waals surface area (Å²) in [4.78, 5) is 12.5. The molecule has 0 fully saturated rings. The van der Waals surface area contributed by atoms with E-state index in [9.17, 15) is 10.1 Å². The molecule has 1 atom stereocenters. The van der Waals surface area contributed by atoms with E-state index in [1.165, 1.54) is 51.4 Å². The van der Waals surface area contributed by atoms with Crippen LogP contribution in [0.1, 0.15) is 120 Å². The fraction of sp³-hybridized carbons (Fsp3) is 0.562. The number of nitriles is 1. The monoisotopic (exact) mass is 475 g/mol. The number of hydrogen-bond acceptors (Lipinski definition) is 3. The third kappa shape index (κ3) is 10.7. The summed E-state index contributed by atoms with van der Waals surface area (Å²) in [7, 11) is 0. The first-order valence-electron chi connectivity index (χ1n) is 13.9. The van der Waals surface area contributed by atoms with Crippen LogP contribution in [0.5, 0.6) is 5.75 Å². The molecule has 190 valence electrons. The van der Waals surface area contributed by atoms with E-state index in [-0.39, 0.29) is 5.78 Å². The second-order valence-electron chi connectivity index (χ2n) is 9.91. The second-order valence-corrected chi connectivity index (χ2v) is 9.91. The Morgan fingerprint density at radius 3 is 2.20 bits per heavy atom. The van der Waals surface area contributed by atoms with Gasteiger partial charge in [0.1, 0.15) is 11.8 Å². The molecule has 0 saturated carbocycles. The molecular weight excluding hydrogens is 430 g/mol. The van der Waals surface area contributed by atoms with Gasteiger partial charge in [-0.05, 0) is 42.0 Å². The Bertz CT molecular complexity index is 910. The molecule has 0 N–H and O–H groups in total. The first-order valence-corrected chi connectivity index (χ1v) is 13.9. The van der Waals surface area contributed by atoms with Gasteiger partial charge in [0.2, 0.25) is 0 Å². The van der Waals surface area contributed by atoms with Crippen LogP contribution in [0.2, 0.25) is 0 Å². The highest BCUT2D eigenvalue weighted by atomic mass is 16.5. The molecule has 0 aromatic heterocycles. The zero-order valence-electron chi connectivity index (χ0n) is 22.3. The highest BCUT2D eigenvalue weighted by molar-refractivity contribution is 5.96. The molecule has 0 bridgehead atoms. The molecule has 2 aromatic carbocycles. The summed E-state index contributed by atoms with van der Waals surface area (Å²) in [6.45, 7) is 7.42. The van der Waals surface area contributed by atoms with Gasteiger partial charge in [-0.3, -0.25) is 4.79 Å². The van der Waals surface area contributed by atoms with Gasteiger partial charge in [-0.1, -0.05) is 115 Å². The van der Waals surface area contributed by atoms with Crippen LogP contribution in [0, 0.1) is 17.2 Å². The minimum atomic E-state index is 0.218. The van der Waals surface area contributed by atoms with Gasteiger partial charge < -0.3 is 4.74 Å². The number of Topliss-reactive ketones (excluding diaryl/α,β-unsaturated/α-hetero) is 1. The van der Waals surface area contributed by atoms with Gasteiger partial charge in [-0.2, -0.15) is 5.26 Å². The molecule has 35 heavy (non-hydrogen) atoms. The van der Waals surface area contributed by atoms with Crippen LogP contribution in [-0.4, -0.2) is 12.4 Å². The topological polar surface area (TPSA) is 50.1 Å². The predicted octanol–water partition coefficient (Wildman–Crippen LogP) is 9.53. The maximum Gasteiger partial charge on any atom is 0.162 e. The van der Waals surface area contributed by atoms with Crippen LogP contribution in [0.15, 0.2) is 42.5 Å². The molecule has 0 heterocycles. The van der Waals surface area contributed by atoms with Crippen molar-refractivity contribution in [2.75, 3.05) is 6.61 Å². The molecular formula is C32H45NO2. The van der Waals surface area contributed by atoms with Crippen LogP contribution in [-0.2, 0) is 0 Å². The second kappa shape index (κ2) is 16.9. The zero-order valence-corrected chi connectivity index (χ0v) is 22.3. The van der Waals surface area contributed by atoms with Gasteiger partial charge in [-0.25, -0.2) is 0 Å². The average Bonchev–Trinajstić information content (AvgIpc) is 2.89. The maximum atomic E-state index is 12.5. The summed E-state index contributed by atoms with van der Waals surface area (Å²) in [5, 5.41) is 9.62. The number of rotatable bonds is 18. The van der Waals surface area contributed by atoms with E-state index in [0.717, 1.165) is 48.3 Å². The molecule has 0 spiro atoms. The van der Waals surface area contributed by atoms with Crippen LogP contribution < -0.4 is 4.74 Å². The number of nitrogens with zero attached hydrogens (tertiary/aromatic N) is 1. The highest BCUT2D eigenvalue weighted by Crippen LogP contribution is 2.27. The summed E-state index contributed by atoms with van der Waals surface area (Å²) in [6, 6.07) is 15.8. The Balaban J connectivity index is 1.82. The molecule has 0 aliphatic rings. The Hall–Kier alpha value is -2.60. The van der Waals surface area contributed by atoms with Gasteiger partial charge in [-0.15, -0.1) is 0 Å². The van der Waals surface area contributed by atoms with E-state index in [1.54, 1.807) is 0 Å². The van der Waals surface area contributed by atoms with Crippen molar-refractivity contribution in [2.24, 2.45) is 5.92 Å². The Morgan fingerprint density at radius 1 is 0.857 bits per heavy atom. The number of unbranched alkanes of at least 4 members (excludes halogenated alkanes) is 8. The lowest BCUT2D eigenvalue weighted by Crippen LogP contribution is -2.00. The average molecular weight is 476 g/mol. The van der Waals surface area contributed by atoms with Crippen molar-refractivity contribution in [3.8, 4) is 22.9 Å². The van der Waals surface area contributed by atoms with Gasteiger partial charge in [0.15, 0.2) is 5.78 Å². The van der Waals surface area contributed by atoms with E-state index in [1.807, 2.05) is 42.5 Å². The smallest absolute Gasteiger partial charge is 0.162 e. The van der Waals surface area contributed by atoms with Gasteiger partial charge in [0, 0.05) is 12.0 Å². The van der Waals surface area contributed by atoms with Crippen LogP contribution in [0.25, 0.3) is 11.1 Å². The van der Waals surface area contributed by atoms with Crippen molar-refractivity contribution in [1.29, 1.82) is 5.26 Å². The largest absolute Gasteiger partial charge is 0.492 e. The third-order valence-electron chi connectivity index (χ3n) is 6.94. The summed E-state index contributed by atoms with van der Waals surface area (Å²) < 4.78 is 5.91. The summed E-state index contributed by atoms with van der Waals surface area (Å²) >= 11 is 0. The number of ketones is 1. The third-order valence-corrected chi connectivity index (χ3v) is 6.94. The lowest BCUT2D eigenvalue weighted by atomic mass is 9.98. The summed E-state index contributed by atoms with van der Waals surface area (Å²) in [6.07, 6.45) is 15.1. The molecule has 0 aliphatic carbocycles. The first-order chi connectivity index (χ1) is 17.1. The normalized spacial score (nSPS) is 11.7. The minimum absolute atomic E-state index is 0.218. The molecule has 1 unspecified atom stereocenters. The minimum Gasteiger partial charge on any atom is -0.492 e. The zero-order chi connectivity index (χ0) is 25.3. The van der Waals surface area contributed by atoms with E-state index in [2.05, 4.69) is 26.8 Å². The number of hydrogen-bond donors (Lipinski definition) is 0. The number of ether oxygens (including phenoxy) is 1. The Kier molecular flexibility index (Phi) is 13.9. The Morgan fingerprint density at radius 2 is 1.51 bits per heavy atom. The summed E-state index contributed by atoms with van der Waals surface area (Å²) in [5.74, 6) is 1.67. The van der Waals surface area contributed by atoms with Gasteiger partial charge >= 0.3 is 0 Å².